The van der Waals surface area contributed by atoms with Crippen LogP contribution in [0.5, 0.6) is 5.75 Å². The number of anilines is 1. The third kappa shape index (κ3) is 3.97. The molecule has 0 N–H and O–H groups in total. The Morgan fingerprint density at radius 1 is 0.969 bits per heavy atom. The maximum absolute atomic E-state index is 13.3. The first kappa shape index (κ1) is 22.6. The Morgan fingerprint density at radius 2 is 1.62 bits per heavy atom. The lowest BCUT2D eigenvalue weighted by Crippen LogP contribution is -2.49. The molecule has 2 aromatic carbocycles. The molecule has 1 atom stereocenters. The highest BCUT2D eigenvalue weighted by Gasteiger charge is 2.51. The first-order valence-electron chi connectivity index (χ1n) is 10.2. The van der Waals surface area contributed by atoms with Gasteiger partial charge in [-0.05, 0) is 67.8 Å². The van der Waals surface area contributed by atoms with Crippen LogP contribution in [-0.2, 0) is 21.0 Å². The number of carbonyl (C=O) groups is 1. The van der Waals surface area contributed by atoms with Crippen molar-refractivity contribution in [2.45, 2.75) is 30.3 Å². The summed E-state index contributed by atoms with van der Waals surface area (Å²) in [5.74, 6) is 0.295. The molecule has 6 nitrogen and oxygen atoms in total. The van der Waals surface area contributed by atoms with Crippen LogP contribution in [0.3, 0.4) is 0 Å². The van der Waals surface area contributed by atoms with Crippen molar-refractivity contribution in [1.29, 1.82) is 0 Å². The summed E-state index contributed by atoms with van der Waals surface area (Å²) in [5, 5.41) is 0. The Hall–Kier alpha value is -2.59. The zero-order valence-electron chi connectivity index (χ0n) is 17.4. The van der Waals surface area contributed by atoms with Crippen LogP contribution in [0.4, 0.5) is 18.9 Å². The summed E-state index contributed by atoms with van der Waals surface area (Å²) in [6, 6.07) is 10.6. The molecule has 172 valence electrons. The fraction of sp³-hybridized carbons (Fsp3) is 0.409. The third-order valence-electron chi connectivity index (χ3n) is 6.26. The molecule has 1 amide bonds. The van der Waals surface area contributed by atoms with Crippen molar-refractivity contribution >= 4 is 21.6 Å². The highest BCUT2D eigenvalue weighted by atomic mass is 32.2. The smallest absolute Gasteiger partial charge is 0.416 e. The number of piperidine rings is 1. The van der Waals surface area contributed by atoms with Gasteiger partial charge in [-0.25, -0.2) is 8.42 Å². The predicted molar refractivity (Wildman–Crippen MR) is 112 cm³/mol. The van der Waals surface area contributed by atoms with Gasteiger partial charge in [0.1, 0.15) is 5.75 Å². The van der Waals surface area contributed by atoms with Gasteiger partial charge in [0.2, 0.25) is 15.9 Å². The van der Waals surface area contributed by atoms with Crippen LogP contribution in [0.25, 0.3) is 0 Å². The van der Waals surface area contributed by atoms with Gasteiger partial charge in [-0.15, -0.1) is 0 Å². The molecule has 2 fully saturated rings. The number of benzene rings is 2. The van der Waals surface area contributed by atoms with Crippen LogP contribution in [-0.4, -0.2) is 45.4 Å². The number of alkyl halides is 3. The lowest BCUT2D eigenvalue weighted by molar-refractivity contribution is -0.137. The van der Waals surface area contributed by atoms with Crippen molar-refractivity contribution in [3.8, 4) is 5.75 Å². The van der Waals surface area contributed by atoms with E-state index in [0.29, 0.717) is 43.8 Å². The molecule has 2 saturated heterocycles. The van der Waals surface area contributed by atoms with Gasteiger partial charge < -0.3 is 9.64 Å². The Kier molecular flexibility index (Phi) is 5.70. The first-order chi connectivity index (χ1) is 15.1. The summed E-state index contributed by atoms with van der Waals surface area (Å²) in [6.45, 7) is 0.696. The largest absolute Gasteiger partial charge is 0.497 e. The van der Waals surface area contributed by atoms with E-state index in [4.69, 9.17) is 4.74 Å². The summed E-state index contributed by atoms with van der Waals surface area (Å²) in [7, 11) is -2.30. The molecular formula is C22H23F3N2O4S. The monoisotopic (exact) mass is 468 g/mol. The number of hydrogen-bond acceptors (Lipinski definition) is 4. The fourth-order valence-corrected chi connectivity index (χ4v) is 6.03. The molecule has 4 rings (SSSR count). The predicted octanol–water partition coefficient (Wildman–Crippen LogP) is 3.92. The van der Waals surface area contributed by atoms with E-state index in [9.17, 15) is 26.4 Å². The van der Waals surface area contributed by atoms with Crippen molar-refractivity contribution < 1.29 is 31.1 Å². The molecule has 1 unspecified atom stereocenters. The second-order valence-corrected chi connectivity index (χ2v) is 10.1. The Labute approximate surface area is 184 Å². The number of nitrogens with zero attached hydrogens (tertiary/aromatic N) is 2. The number of amides is 1. The van der Waals surface area contributed by atoms with Gasteiger partial charge in [0, 0.05) is 25.3 Å². The average Bonchev–Trinajstić information content (AvgIpc) is 3.08. The van der Waals surface area contributed by atoms with Crippen molar-refractivity contribution in [1.82, 2.24) is 4.31 Å². The van der Waals surface area contributed by atoms with Crippen molar-refractivity contribution in [2.24, 2.45) is 5.41 Å². The van der Waals surface area contributed by atoms with Gasteiger partial charge in [0.05, 0.1) is 23.0 Å². The Bertz CT molecular complexity index is 1100. The van der Waals surface area contributed by atoms with E-state index in [1.54, 1.807) is 12.1 Å². The normalized spacial score (nSPS) is 22.5. The molecule has 1 spiro atoms. The summed E-state index contributed by atoms with van der Waals surface area (Å²) >= 11 is 0. The summed E-state index contributed by atoms with van der Waals surface area (Å²) in [5.41, 5.74) is -1.27. The molecule has 2 aliphatic heterocycles. The number of rotatable bonds is 4. The summed E-state index contributed by atoms with van der Waals surface area (Å²) < 4.78 is 71.3. The molecule has 0 bridgehead atoms. The standard InChI is InChI=1S/C22H23F3N2O4S/c1-31-18-7-9-19(10-8-18)32(29,30)26-13-2-11-21(15-26)12-14-27(20(21)28)17-5-3-16(4-6-17)22(23,24)25/h3-10H,2,11-15H2,1H3. The summed E-state index contributed by atoms with van der Waals surface area (Å²) in [4.78, 5) is 14.9. The van der Waals surface area contributed by atoms with Crippen LogP contribution in [0.1, 0.15) is 24.8 Å². The fourth-order valence-electron chi connectivity index (χ4n) is 4.47. The highest BCUT2D eigenvalue weighted by Crippen LogP contribution is 2.43. The third-order valence-corrected chi connectivity index (χ3v) is 8.12. The number of carbonyl (C=O) groups excluding carboxylic acids is 1. The van der Waals surface area contributed by atoms with Crippen molar-refractivity contribution in [3.63, 3.8) is 0 Å². The minimum atomic E-state index is -4.45. The van der Waals surface area contributed by atoms with Gasteiger partial charge in [-0.3, -0.25) is 4.79 Å². The number of hydrogen-bond donors (Lipinski definition) is 0. The lowest BCUT2D eigenvalue weighted by atomic mass is 9.79. The Balaban J connectivity index is 1.55. The van der Waals surface area contributed by atoms with E-state index in [1.807, 2.05) is 0 Å². The number of ether oxygens (including phenoxy) is 1. The van der Waals surface area contributed by atoms with Crippen molar-refractivity contribution in [2.75, 3.05) is 31.6 Å². The number of halogens is 3. The van der Waals surface area contributed by atoms with Gasteiger partial charge >= 0.3 is 6.18 Å². The van der Waals surface area contributed by atoms with E-state index < -0.39 is 27.2 Å². The van der Waals surface area contributed by atoms with Crippen LogP contribution in [0.15, 0.2) is 53.4 Å². The molecule has 10 heteroatoms. The quantitative estimate of drug-likeness (QED) is 0.682. The van der Waals surface area contributed by atoms with Crippen molar-refractivity contribution in [3.05, 3.63) is 54.1 Å². The maximum Gasteiger partial charge on any atom is 0.416 e. The van der Waals surface area contributed by atoms with Crippen LogP contribution in [0.2, 0.25) is 0 Å². The van der Waals surface area contributed by atoms with Gasteiger partial charge in [-0.2, -0.15) is 17.5 Å². The highest BCUT2D eigenvalue weighted by molar-refractivity contribution is 7.89. The molecular weight excluding hydrogens is 445 g/mol. The maximum atomic E-state index is 13.3. The molecule has 0 radical (unpaired) electrons. The van der Waals surface area contributed by atoms with Gasteiger partial charge in [0.15, 0.2) is 0 Å². The number of methoxy groups -OCH3 is 1. The van der Waals surface area contributed by atoms with Gasteiger partial charge in [0.25, 0.3) is 0 Å². The summed E-state index contributed by atoms with van der Waals surface area (Å²) in [6.07, 6.45) is -2.93. The van der Waals surface area contributed by atoms with E-state index in [-0.39, 0.29) is 17.3 Å². The van der Waals surface area contributed by atoms with E-state index >= 15 is 0 Å². The Morgan fingerprint density at radius 3 is 2.22 bits per heavy atom. The van der Waals surface area contributed by atoms with Crippen LogP contribution < -0.4 is 9.64 Å². The van der Waals surface area contributed by atoms with E-state index in [2.05, 4.69) is 0 Å². The molecule has 2 aromatic rings. The van der Waals surface area contributed by atoms with E-state index in [0.717, 1.165) is 12.1 Å². The topological polar surface area (TPSA) is 66.9 Å². The molecule has 0 aromatic heterocycles. The molecule has 0 aliphatic carbocycles. The molecule has 32 heavy (non-hydrogen) atoms. The minimum absolute atomic E-state index is 0.0529. The number of sulfonamides is 1. The van der Waals surface area contributed by atoms with Gasteiger partial charge in [-0.1, -0.05) is 0 Å². The van der Waals surface area contributed by atoms with Crippen LogP contribution in [0, 0.1) is 5.41 Å². The lowest BCUT2D eigenvalue weighted by Gasteiger charge is -2.38. The minimum Gasteiger partial charge on any atom is -0.497 e. The van der Waals surface area contributed by atoms with Crippen LogP contribution >= 0.6 is 0 Å². The SMILES string of the molecule is COc1ccc(S(=O)(=O)N2CCCC3(CCN(c4ccc(C(F)(F)F)cc4)C3=O)C2)cc1. The second-order valence-electron chi connectivity index (χ2n) is 8.15. The average molecular weight is 468 g/mol. The zero-order valence-corrected chi connectivity index (χ0v) is 18.2. The molecule has 2 aliphatic rings. The zero-order chi connectivity index (χ0) is 23.1. The molecule has 0 saturated carbocycles. The first-order valence-corrected chi connectivity index (χ1v) is 11.6. The van der Waals surface area contributed by atoms with E-state index in [1.165, 1.54) is 40.6 Å². The second kappa shape index (κ2) is 8.08. The molecule has 2 heterocycles.